The summed E-state index contributed by atoms with van der Waals surface area (Å²) >= 11 is 0. The fraction of sp³-hybridized carbons (Fsp3) is 0.320. The van der Waals surface area contributed by atoms with Gasteiger partial charge in [-0.05, 0) is 43.0 Å². The van der Waals surface area contributed by atoms with Crippen LogP contribution in [-0.2, 0) is 9.59 Å². The van der Waals surface area contributed by atoms with Gasteiger partial charge in [0.05, 0.1) is 17.9 Å². The van der Waals surface area contributed by atoms with E-state index in [9.17, 15) is 14.4 Å². The van der Waals surface area contributed by atoms with E-state index in [1.807, 2.05) is 36.4 Å². The first-order valence-electron chi connectivity index (χ1n) is 10.5. The zero-order chi connectivity index (χ0) is 20.8. The van der Waals surface area contributed by atoms with Crippen molar-refractivity contribution in [2.75, 3.05) is 13.1 Å². The van der Waals surface area contributed by atoms with Crippen molar-refractivity contribution in [3.8, 4) is 11.1 Å². The summed E-state index contributed by atoms with van der Waals surface area (Å²) in [7, 11) is 0. The van der Waals surface area contributed by atoms with Crippen LogP contribution in [0.15, 0.2) is 60.7 Å². The number of fused-ring (bicyclic) bond motifs is 1. The summed E-state index contributed by atoms with van der Waals surface area (Å²) < 4.78 is 0. The van der Waals surface area contributed by atoms with Crippen molar-refractivity contribution < 1.29 is 14.4 Å². The average molecular weight is 400 g/mol. The van der Waals surface area contributed by atoms with Gasteiger partial charge in [0.25, 0.3) is 5.91 Å². The highest BCUT2D eigenvalue weighted by atomic mass is 16.2. The van der Waals surface area contributed by atoms with Crippen molar-refractivity contribution in [2.24, 2.45) is 11.8 Å². The molecule has 152 valence electrons. The molecule has 1 aliphatic carbocycles. The quantitative estimate of drug-likeness (QED) is 0.586. The summed E-state index contributed by atoms with van der Waals surface area (Å²) in [4.78, 5) is 41.4. The fourth-order valence-electron chi connectivity index (χ4n) is 4.70. The van der Waals surface area contributed by atoms with Crippen LogP contribution in [0.1, 0.15) is 28.8 Å². The Morgan fingerprint density at radius 3 is 1.83 bits per heavy atom. The maximum atomic E-state index is 12.8. The second-order valence-electron chi connectivity index (χ2n) is 8.51. The standard InChI is InChI=1S/C25H24N2O3/c1-16-6-8-17(9-7-16)18-10-12-19(13-11-18)23(28)26-14-20(15-26)27-24(29)21-4-2-3-5-22(21)25(27)30/h2-3,6-13,20-22H,4-5,14-15H2,1H3. The summed E-state index contributed by atoms with van der Waals surface area (Å²) in [6, 6.07) is 15.7. The lowest BCUT2D eigenvalue weighted by atomic mass is 9.85. The van der Waals surface area contributed by atoms with E-state index in [-0.39, 0.29) is 35.6 Å². The molecule has 3 aliphatic rings. The summed E-state index contributed by atoms with van der Waals surface area (Å²) in [5.41, 5.74) is 4.02. The largest absolute Gasteiger partial charge is 0.334 e. The van der Waals surface area contributed by atoms with Gasteiger partial charge in [-0.3, -0.25) is 19.3 Å². The lowest BCUT2D eigenvalue weighted by molar-refractivity contribution is -0.145. The van der Waals surface area contributed by atoms with Crippen LogP contribution in [0, 0.1) is 18.8 Å². The van der Waals surface area contributed by atoms with Crippen LogP contribution in [0.2, 0.25) is 0 Å². The van der Waals surface area contributed by atoms with E-state index in [4.69, 9.17) is 0 Å². The zero-order valence-electron chi connectivity index (χ0n) is 17.0. The Morgan fingerprint density at radius 2 is 1.30 bits per heavy atom. The van der Waals surface area contributed by atoms with Crippen LogP contribution in [0.4, 0.5) is 0 Å². The van der Waals surface area contributed by atoms with Gasteiger partial charge in [0.2, 0.25) is 11.8 Å². The van der Waals surface area contributed by atoms with E-state index >= 15 is 0 Å². The van der Waals surface area contributed by atoms with Crippen LogP contribution in [0.25, 0.3) is 11.1 Å². The summed E-state index contributed by atoms with van der Waals surface area (Å²) in [6.45, 7) is 2.89. The second kappa shape index (κ2) is 7.24. The highest BCUT2D eigenvalue weighted by Gasteiger charge is 2.52. The van der Waals surface area contributed by atoms with Gasteiger partial charge in [-0.15, -0.1) is 0 Å². The monoisotopic (exact) mass is 400 g/mol. The normalized spacial score (nSPS) is 23.5. The summed E-state index contributed by atoms with van der Waals surface area (Å²) in [6.07, 6.45) is 5.28. The number of carbonyl (C=O) groups is 3. The van der Waals surface area contributed by atoms with E-state index in [2.05, 4.69) is 31.2 Å². The summed E-state index contributed by atoms with van der Waals surface area (Å²) in [5.74, 6) is -0.592. The van der Waals surface area contributed by atoms with Gasteiger partial charge in [0.1, 0.15) is 0 Å². The molecule has 3 amide bonds. The highest BCUT2D eigenvalue weighted by Crippen LogP contribution is 2.37. The summed E-state index contributed by atoms with van der Waals surface area (Å²) in [5, 5.41) is 0. The molecule has 2 atom stereocenters. The van der Waals surface area contributed by atoms with Gasteiger partial charge < -0.3 is 4.90 Å². The van der Waals surface area contributed by atoms with Crippen molar-refractivity contribution in [2.45, 2.75) is 25.8 Å². The van der Waals surface area contributed by atoms with Gasteiger partial charge in [-0.25, -0.2) is 0 Å². The molecule has 2 fully saturated rings. The minimum absolute atomic E-state index is 0.0557. The van der Waals surface area contributed by atoms with Gasteiger partial charge in [0, 0.05) is 18.7 Å². The van der Waals surface area contributed by atoms with E-state index in [0.717, 1.165) is 11.1 Å². The van der Waals surface area contributed by atoms with Crippen molar-refractivity contribution in [3.05, 3.63) is 71.8 Å². The second-order valence-corrected chi connectivity index (χ2v) is 8.51. The molecular weight excluding hydrogens is 376 g/mol. The first-order valence-corrected chi connectivity index (χ1v) is 10.5. The third-order valence-electron chi connectivity index (χ3n) is 6.57. The van der Waals surface area contributed by atoms with Crippen LogP contribution < -0.4 is 0 Å². The third-order valence-corrected chi connectivity index (χ3v) is 6.57. The Hall–Kier alpha value is -3.21. The van der Waals surface area contributed by atoms with Gasteiger partial charge >= 0.3 is 0 Å². The predicted molar refractivity (Wildman–Crippen MR) is 114 cm³/mol. The molecule has 5 nitrogen and oxygen atoms in total. The number of benzene rings is 2. The minimum Gasteiger partial charge on any atom is -0.334 e. The maximum absolute atomic E-state index is 12.8. The molecule has 5 rings (SSSR count). The van der Waals surface area contributed by atoms with Crippen molar-refractivity contribution in [1.82, 2.24) is 9.80 Å². The zero-order valence-corrected chi connectivity index (χ0v) is 17.0. The molecule has 2 unspecified atom stereocenters. The Morgan fingerprint density at radius 1 is 0.800 bits per heavy atom. The van der Waals surface area contributed by atoms with Gasteiger partial charge in [-0.1, -0.05) is 54.1 Å². The number of amides is 3. The molecule has 5 heteroatoms. The molecule has 0 bridgehead atoms. The molecule has 0 spiro atoms. The van der Waals surface area contributed by atoms with Crippen molar-refractivity contribution in [1.29, 1.82) is 0 Å². The number of rotatable bonds is 3. The van der Waals surface area contributed by atoms with Gasteiger partial charge in [-0.2, -0.15) is 0 Å². The molecule has 2 heterocycles. The molecule has 2 aromatic rings. The van der Waals surface area contributed by atoms with E-state index in [0.29, 0.717) is 31.5 Å². The number of likely N-dealkylation sites (tertiary alicyclic amines) is 2. The van der Waals surface area contributed by atoms with Crippen LogP contribution >= 0.6 is 0 Å². The lowest BCUT2D eigenvalue weighted by Crippen LogP contribution is -2.62. The number of allylic oxidation sites excluding steroid dienone is 2. The SMILES string of the molecule is Cc1ccc(-c2ccc(C(=O)N3CC(N4C(=O)C5CC=CCC5C4=O)C3)cc2)cc1. The molecule has 2 aromatic carbocycles. The minimum atomic E-state index is -0.207. The van der Waals surface area contributed by atoms with E-state index in [1.165, 1.54) is 10.5 Å². The number of aryl methyl sites for hydroxylation is 1. The smallest absolute Gasteiger partial charge is 0.253 e. The van der Waals surface area contributed by atoms with Crippen LogP contribution in [0.3, 0.4) is 0 Å². The molecule has 0 aromatic heterocycles. The first-order chi connectivity index (χ1) is 14.5. The Bertz CT molecular complexity index is 1010. The number of nitrogens with zero attached hydrogens (tertiary/aromatic N) is 2. The number of carbonyl (C=O) groups excluding carboxylic acids is 3. The topological polar surface area (TPSA) is 57.7 Å². The molecule has 0 saturated carbocycles. The van der Waals surface area contributed by atoms with Crippen molar-refractivity contribution in [3.63, 3.8) is 0 Å². The van der Waals surface area contributed by atoms with Gasteiger partial charge in [0.15, 0.2) is 0 Å². The van der Waals surface area contributed by atoms with Crippen molar-refractivity contribution >= 4 is 17.7 Å². The van der Waals surface area contributed by atoms with E-state index < -0.39 is 0 Å². The van der Waals surface area contributed by atoms with Crippen LogP contribution in [0.5, 0.6) is 0 Å². The Labute approximate surface area is 176 Å². The molecule has 0 radical (unpaired) electrons. The lowest BCUT2D eigenvalue weighted by Gasteiger charge is -2.43. The molecular formula is C25H24N2O3. The van der Waals surface area contributed by atoms with Crippen LogP contribution in [-0.4, -0.2) is 46.7 Å². The molecule has 30 heavy (non-hydrogen) atoms. The van der Waals surface area contributed by atoms with E-state index in [1.54, 1.807) is 4.90 Å². The number of hydrogen-bond donors (Lipinski definition) is 0. The third kappa shape index (κ3) is 3.05. The number of hydrogen-bond acceptors (Lipinski definition) is 3. The maximum Gasteiger partial charge on any atom is 0.253 e. The number of imide groups is 1. The predicted octanol–water partition coefficient (Wildman–Crippen LogP) is 3.44. The Balaban J connectivity index is 1.23. The average Bonchev–Trinajstić information content (AvgIpc) is 2.99. The fourth-order valence-corrected chi connectivity index (χ4v) is 4.70. The first kappa shape index (κ1) is 18.8. The molecule has 2 saturated heterocycles. The Kier molecular flexibility index (Phi) is 4.54. The molecule has 0 N–H and O–H groups in total. The highest BCUT2D eigenvalue weighted by molar-refractivity contribution is 6.06. The molecule has 2 aliphatic heterocycles.